The summed E-state index contributed by atoms with van der Waals surface area (Å²) in [5.74, 6) is 1.37. The van der Waals surface area contributed by atoms with E-state index in [4.69, 9.17) is 0 Å². The highest BCUT2D eigenvalue weighted by atomic mass is 14.4. The van der Waals surface area contributed by atoms with Crippen LogP contribution in [0.15, 0.2) is 121 Å². The maximum Gasteiger partial charge on any atom is 0.0756 e. The van der Waals surface area contributed by atoms with E-state index in [-0.39, 0.29) is 5.41 Å². The molecule has 28 heavy (non-hydrogen) atoms. The number of benzene rings is 4. The van der Waals surface area contributed by atoms with Gasteiger partial charge in [-0.25, -0.2) is 0 Å². The third kappa shape index (κ3) is 3.73. The van der Waals surface area contributed by atoms with E-state index in [2.05, 4.69) is 128 Å². The Balaban J connectivity index is 1.84. The monoisotopic (exact) mass is 361 g/mol. The second kappa shape index (κ2) is 8.19. The molecule has 0 heterocycles. The van der Waals surface area contributed by atoms with Crippen LogP contribution in [0.2, 0.25) is 0 Å². The predicted octanol–water partition coefficient (Wildman–Crippen LogP) is 7.05. The van der Waals surface area contributed by atoms with Crippen LogP contribution in [0.5, 0.6) is 0 Å². The summed E-state index contributed by atoms with van der Waals surface area (Å²) in [7, 11) is 0. The molecule has 0 bridgehead atoms. The van der Waals surface area contributed by atoms with Crippen LogP contribution in [0.1, 0.15) is 35.6 Å². The molecule has 0 fully saturated rings. The predicted molar refractivity (Wildman–Crippen MR) is 118 cm³/mol. The molecule has 0 aliphatic carbocycles. The fourth-order valence-corrected chi connectivity index (χ4v) is 3.99. The summed E-state index contributed by atoms with van der Waals surface area (Å²) in [5.41, 5.74) is 5.12. The van der Waals surface area contributed by atoms with Gasteiger partial charge in [-0.05, 0) is 47.5 Å². The Bertz CT molecular complexity index is 894. The molecule has 0 N–H and O–H groups in total. The molecule has 0 radical (unpaired) electrons. The minimum Gasteiger partial charge on any atom is -0.0622 e. The molecule has 4 aromatic rings. The van der Waals surface area contributed by atoms with Crippen molar-refractivity contribution in [1.82, 2.24) is 0 Å². The molecule has 0 heteroatoms. The summed E-state index contributed by atoms with van der Waals surface area (Å²) in [6, 6.07) is 43.3. The standard InChI is InChI=1S/C28H25/c1-28(25-18-10-4-11-19-25,26-20-12-5-13-21-26)22-27(23-14-6-2-7-15-23)24-16-8-3-9-17-24/h2-21H,22H2,1H3/q+1. The minimum atomic E-state index is -0.121. The van der Waals surface area contributed by atoms with Gasteiger partial charge in [0.15, 0.2) is 0 Å². The van der Waals surface area contributed by atoms with Crippen LogP contribution >= 0.6 is 0 Å². The summed E-state index contributed by atoms with van der Waals surface area (Å²) in [6.45, 7) is 2.36. The third-order valence-electron chi connectivity index (χ3n) is 5.60. The minimum absolute atomic E-state index is 0.121. The fourth-order valence-electron chi connectivity index (χ4n) is 3.99. The van der Waals surface area contributed by atoms with E-state index in [1.807, 2.05) is 0 Å². The van der Waals surface area contributed by atoms with Crippen LogP contribution in [-0.2, 0) is 5.41 Å². The highest BCUT2D eigenvalue weighted by Crippen LogP contribution is 2.42. The quantitative estimate of drug-likeness (QED) is 0.323. The molecule has 0 aliphatic heterocycles. The third-order valence-corrected chi connectivity index (χ3v) is 5.60. The molecule has 0 saturated heterocycles. The summed E-state index contributed by atoms with van der Waals surface area (Å²) < 4.78 is 0. The highest BCUT2D eigenvalue weighted by molar-refractivity contribution is 5.50. The molecule has 0 amide bonds. The molecule has 0 aliphatic rings. The Morgan fingerprint density at radius 2 is 0.821 bits per heavy atom. The van der Waals surface area contributed by atoms with E-state index in [0.29, 0.717) is 0 Å². The number of hydrogen-bond acceptors (Lipinski definition) is 0. The van der Waals surface area contributed by atoms with Crippen LogP contribution in [-0.4, -0.2) is 0 Å². The Morgan fingerprint density at radius 3 is 1.18 bits per heavy atom. The second-order valence-corrected chi connectivity index (χ2v) is 7.45. The average Bonchev–Trinajstić information content (AvgIpc) is 2.80. The SMILES string of the molecule is CC(C[C+](c1ccccc1)c1ccccc1)(c1ccccc1)c1ccccc1. The average molecular weight is 362 g/mol. The fraction of sp³-hybridized carbons (Fsp3) is 0.107. The van der Waals surface area contributed by atoms with Crippen molar-refractivity contribution in [1.29, 1.82) is 0 Å². The molecule has 4 rings (SSSR count). The number of rotatable bonds is 6. The molecular weight excluding hydrogens is 336 g/mol. The first-order valence-electron chi connectivity index (χ1n) is 9.85. The normalized spacial score (nSPS) is 11.2. The van der Waals surface area contributed by atoms with Gasteiger partial charge < -0.3 is 0 Å². The maximum atomic E-state index is 2.36. The van der Waals surface area contributed by atoms with Crippen molar-refractivity contribution in [2.24, 2.45) is 0 Å². The van der Waals surface area contributed by atoms with Gasteiger partial charge >= 0.3 is 0 Å². The molecule has 0 unspecified atom stereocenters. The van der Waals surface area contributed by atoms with Crippen molar-refractivity contribution < 1.29 is 0 Å². The van der Waals surface area contributed by atoms with Gasteiger partial charge in [0.25, 0.3) is 0 Å². The lowest BCUT2D eigenvalue weighted by Gasteiger charge is -2.33. The van der Waals surface area contributed by atoms with Crippen molar-refractivity contribution >= 4 is 0 Å². The maximum absolute atomic E-state index is 2.36. The van der Waals surface area contributed by atoms with Gasteiger partial charge in [-0.1, -0.05) is 67.6 Å². The Morgan fingerprint density at radius 1 is 0.500 bits per heavy atom. The molecule has 0 saturated carbocycles. The van der Waals surface area contributed by atoms with Crippen LogP contribution < -0.4 is 0 Å². The molecule has 0 atom stereocenters. The van der Waals surface area contributed by atoms with E-state index in [1.165, 1.54) is 28.2 Å². The van der Waals surface area contributed by atoms with Gasteiger partial charge in [0.2, 0.25) is 0 Å². The van der Waals surface area contributed by atoms with E-state index in [9.17, 15) is 0 Å². The molecule has 136 valence electrons. The van der Waals surface area contributed by atoms with Gasteiger partial charge in [0, 0.05) is 42.0 Å². The zero-order chi connectivity index (χ0) is 19.2. The lowest BCUT2D eigenvalue weighted by atomic mass is 9.68. The van der Waals surface area contributed by atoms with Crippen LogP contribution in [0.25, 0.3) is 0 Å². The summed E-state index contributed by atoms with van der Waals surface area (Å²) in [5, 5.41) is 0. The largest absolute Gasteiger partial charge is 0.0756 e. The Labute approximate surface area is 168 Å². The number of hydrogen-bond donors (Lipinski definition) is 0. The van der Waals surface area contributed by atoms with Gasteiger partial charge in [-0.2, -0.15) is 0 Å². The summed E-state index contributed by atoms with van der Waals surface area (Å²) >= 11 is 0. The molecule has 4 aromatic carbocycles. The van der Waals surface area contributed by atoms with Crippen molar-refractivity contribution in [3.8, 4) is 0 Å². The van der Waals surface area contributed by atoms with Crippen LogP contribution in [0.3, 0.4) is 0 Å². The summed E-state index contributed by atoms with van der Waals surface area (Å²) in [6.07, 6.45) is 0.926. The Hall–Kier alpha value is -3.25. The second-order valence-electron chi connectivity index (χ2n) is 7.45. The molecular formula is C28H25+. The molecule has 0 spiro atoms. The lowest BCUT2D eigenvalue weighted by Crippen LogP contribution is -2.27. The molecule has 0 aromatic heterocycles. The first kappa shape index (κ1) is 18.1. The van der Waals surface area contributed by atoms with Crippen LogP contribution in [0, 0.1) is 5.92 Å². The van der Waals surface area contributed by atoms with E-state index >= 15 is 0 Å². The van der Waals surface area contributed by atoms with Gasteiger partial charge in [0.1, 0.15) is 0 Å². The van der Waals surface area contributed by atoms with Crippen molar-refractivity contribution in [3.05, 3.63) is 149 Å². The van der Waals surface area contributed by atoms with Gasteiger partial charge in [0.05, 0.1) is 11.1 Å². The first-order valence-corrected chi connectivity index (χ1v) is 9.85. The van der Waals surface area contributed by atoms with Crippen molar-refractivity contribution in [2.75, 3.05) is 0 Å². The highest BCUT2D eigenvalue weighted by Gasteiger charge is 2.35. The van der Waals surface area contributed by atoms with E-state index in [0.717, 1.165) is 6.42 Å². The van der Waals surface area contributed by atoms with Gasteiger partial charge in [-0.3, -0.25) is 0 Å². The topological polar surface area (TPSA) is 0 Å². The Kier molecular flexibility index (Phi) is 5.30. The van der Waals surface area contributed by atoms with Crippen molar-refractivity contribution in [3.63, 3.8) is 0 Å². The van der Waals surface area contributed by atoms with Crippen LogP contribution in [0.4, 0.5) is 0 Å². The molecule has 0 nitrogen and oxygen atoms in total. The van der Waals surface area contributed by atoms with E-state index in [1.54, 1.807) is 0 Å². The zero-order valence-electron chi connectivity index (χ0n) is 16.3. The smallest absolute Gasteiger partial charge is 0.0622 e. The summed E-state index contributed by atoms with van der Waals surface area (Å²) in [4.78, 5) is 0. The zero-order valence-corrected chi connectivity index (χ0v) is 16.3. The van der Waals surface area contributed by atoms with Crippen molar-refractivity contribution in [2.45, 2.75) is 18.8 Å². The lowest BCUT2D eigenvalue weighted by molar-refractivity contribution is 0.545. The van der Waals surface area contributed by atoms with Gasteiger partial charge in [-0.15, -0.1) is 0 Å². The first-order chi connectivity index (χ1) is 13.8. The van der Waals surface area contributed by atoms with E-state index < -0.39 is 0 Å².